The van der Waals surface area contributed by atoms with E-state index in [0.29, 0.717) is 0 Å². The standard InChI is InChI=1S/C15H23NO9/c1-7(17)16-12-14(24-10(4)20)13(23-9(3)19)11(6-22-8(2)18)25-15(12)21-5/h11-15H,6H2,1-5H3,(H,16,17)/t11-,12-,13+,14-,15+/m1/s1. The van der Waals surface area contributed by atoms with Crippen molar-refractivity contribution >= 4 is 23.8 Å². The first-order valence-corrected chi connectivity index (χ1v) is 7.58. The number of amides is 1. The zero-order valence-corrected chi connectivity index (χ0v) is 14.8. The van der Waals surface area contributed by atoms with Crippen LogP contribution in [0, 0.1) is 0 Å². The number of hydrogen-bond donors (Lipinski definition) is 1. The molecule has 1 heterocycles. The van der Waals surface area contributed by atoms with Gasteiger partial charge in [-0.05, 0) is 0 Å². The summed E-state index contributed by atoms with van der Waals surface area (Å²) in [6.07, 6.45) is -4.17. The van der Waals surface area contributed by atoms with E-state index in [0.717, 1.165) is 0 Å². The molecule has 0 aliphatic carbocycles. The van der Waals surface area contributed by atoms with Gasteiger partial charge in [0.2, 0.25) is 5.91 Å². The van der Waals surface area contributed by atoms with Crippen LogP contribution in [0.5, 0.6) is 0 Å². The summed E-state index contributed by atoms with van der Waals surface area (Å²) in [5, 5.41) is 2.56. The van der Waals surface area contributed by atoms with E-state index in [1.54, 1.807) is 0 Å². The van der Waals surface area contributed by atoms with E-state index >= 15 is 0 Å². The van der Waals surface area contributed by atoms with Gasteiger partial charge in [-0.1, -0.05) is 0 Å². The molecule has 5 atom stereocenters. The van der Waals surface area contributed by atoms with Gasteiger partial charge in [0.25, 0.3) is 0 Å². The van der Waals surface area contributed by atoms with Crippen molar-refractivity contribution in [1.29, 1.82) is 0 Å². The number of carbonyl (C=O) groups excluding carboxylic acids is 4. The third-order valence-corrected chi connectivity index (χ3v) is 3.30. The van der Waals surface area contributed by atoms with Crippen molar-refractivity contribution in [2.24, 2.45) is 0 Å². The van der Waals surface area contributed by atoms with Gasteiger partial charge in [-0.15, -0.1) is 0 Å². The summed E-state index contributed by atoms with van der Waals surface area (Å²) in [6, 6.07) is -0.927. The maximum atomic E-state index is 11.5. The molecule has 1 saturated heterocycles. The first-order valence-electron chi connectivity index (χ1n) is 7.58. The summed E-state index contributed by atoms with van der Waals surface area (Å²) >= 11 is 0. The second-order valence-electron chi connectivity index (χ2n) is 5.46. The summed E-state index contributed by atoms with van der Waals surface area (Å²) < 4.78 is 26.2. The van der Waals surface area contributed by atoms with Crippen LogP contribution in [0.15, 0.2) is 0 Å². The summed E-state index contributed by atoms with van der Waals surface area (Å²) in [6.45, 7) is 4.57. The second kappa shape index (κ2) is 9.33. The molecular formula is C15H23NO9. The summed E-state index contributed by atoms with van der Waals surface area (Å²) in [4.78, 5) is 45.5. The lowest BCUT2D eigenvalue weighted by Crippen LogP contribution is -2.66. The van der Waals surface area contributed by atoms with Gasteiger partial charge in [0.1, 0.15) is 18.8 Å². The van der Waals surface area contributed by atoms with E-state index in [1.807, 2.05) is 0 Å². The van der Waals surface area contributed by atoms with E-state index in [-0.39, 0.29) is 6.61 Å². The summed E-state index contributed by atoms with van der Waals surface area (Å²) in [5.41, 5.74) is 0. The van der Waals surface area contributed by atoms with Crippen molar-refractivity contribution in [3.05, 3.63) is 0 Å². The molecule has 0 unspecified atom stereocenters. The maximum absolute atomic E-state index is 11.5. The number of esters is 3. The third-order valence-electron chi connectivity index (χ3n) is 3.30. The Morgan fingerprint density at radius 2 is 1.48 bits per heavy atom. The van der Waals surface area contributed by atoms with Crippen molar-refractivity contribution in [3.63, 3.8) is 0 Å². The van der Waals surface area contributed by atoms with Crippen molar-refractivity contribution in [3.8, 4) is 0 Å². The molecule has 25 heavy (non-hydrogen) atoms. The number of nitrogens with one attached hydrogen (secondary N) is 1. The topological polar surface area (TPSA) is 126 Å². The van der Waals surface area contributed by atoms with Crippen molar-refractivity contribution in [1.82, 2.24) is 5.32 Å². The van der Waals surface area contributed by atoms with E-state index in [4.69, 9.17) is 23.7 Å². The van der Waals surface area contributed by atoms with Gasteiger partial charge in [-0.3, -0.25) is 19.2 Å². The molecular weight excluding hydrogens is 338 g/mol. The van der Waals surface area contributed by atoms with E-state index < -0.39 is 54.5 Å². The minimum atomic E-state index is -1.11. The molecule has 142 valence electrons. The number of methoxy groups -OCH3 is 1. The molecule has 1 aliphatic rings. The van der Waals surface area contributed by atoms with E-state index in [2.05, 4.69) is 5.32 Å². The number of ether oxygens (including phenoxy) is 5. The normalized spacial score (nSPS) is 28.6. The van der Waals surface area contributed by atoms with Crippen molar-refractivity contribution in [2.75, 3.05) is 13.7 Å². The molecule has 1 fully saturated rings. The largest absolute Gasteiger partial charge is 0.463 e. The predicted molar refractivity (Wildman–Crippen MR) is 81.0 cm³/mol. The second-order valence-corrected chi connectivity index (χ2v) is 5.46. The van der Waals surface area contributed by atoms with Crippen LogP contribution in [0.25, 0.3) is 0 Å². The number of carbonyl (C=O) groups is 4. The fourth-order valence-electron chi connectivity index (χ4n) is 2.49. The van der Waals surface area contributed by atoms with Crippen LogP contribution in [0.4, 0.5) is 0 Å². The highest BCUT2D eigenvalue weighted by Crippen LogP contribution is 2.27. The van der Waals surface area contributed by atoms with Gasteiger partial charge in [-0.25, -0.2) is 0 Å². The van der Waals surface area contributed by atoms with Gasteiger partial charge in [-0.2, -0.15) is 0 Å². The molecule has 0 aromatic rings. The molecule has 0 aromatic heterocycles. The number of rotatable bonds is 6. The zero-order valence-electron chi connectivity index (χ0n) is 14.8. The van der Waals surface area contributed by atoms with Crippen molar-refractivity contribution in [2.45, 2.75) is 58.3 Å². The van der Waals surface area contributed by atoms with Gasteiger partial charge in [0.15, 0.2) is 18.5 Å². The zero-order chi connectivity index (χ0) is 19.1. The molecule has 1 aliphatic heterocycles. The molecule has 10 nitrogen and oxygen atoms in total. The predicted octanol–water partition coefficient (Wildman–Crippen LogP) is -0.711. The Labute approximate surface area is 145 Å². The molecule has 0 aromatic carbocycles. The Hall–Kier alpha value is -2.20. The minimum Gasteiger partial charge on any atom is -0.463 e. The third kappa shape index (κ3) is 6.31. The molecule has 10 heteroatoms. The average Bonchev–Trinajstić information content (AvgIpc) is 2.48. The molecule has 1 rings (SSSR count). The quantitative estimate of drug-likeness (QED) is 0.482. The average molecular weight is 361 g/mol. The molecule has 1 N–H and O–H groups in total. The smallest absolute Gasteiger partial charge is 0.303 e. The lowest BCUT2D eigenvalue weighted by atomic mass is 9.96. The molecule has 0 radical (unpaired) electrons. The Kier molecular flexibility index (Phi) is 7.78. The van der Waals surface area contributed by atoms with Crippen LogP contribution in [-0.4, -0.2) is 68.2 Å². The molecule has 0 bridgehead atoms. The van der Waals surface area contributed by atoms with Crippen LogP contribution in [-0.2, 0) is 42.9 Å². The van der Waals surface area contributed by atoms with Crippen LogP contribution in [0.3, 0.4) is 0 Å². The summed E-state index contributed by atoms with van der Waals surface area (Å²) in [7, 11) is 1.33. The minimum absolute atomic E-state index is 0.252. The molecule has 1 amide bonds. The highest BCUT2D eigenvalue weighted by molar-refractivity contribution is 5.73. The van der Waals surface area contributed by atoms with Crippen molar-refractivity contribution < 1.29 is 42.9 Å². The molecule has 0 saturated carbocycles. The SMILES string of the molecule is CO[C@H]1O[C@H](COC(C)=O)[C@H](OC(C)=O)[C@H](OC(C)=O)[C@H]1NC(C)=O. The fraction of sp³-hybridized carbons (Fsp3) is 0.733. The van der Waals surface area contributed by atoms with Crippen LogP contribution >= 0.6 is 0 Å². The van der Waals surface area contributed by atoms with Gasteiger partial charge >= 0.3 is 17.9 Å². The van der Waals surface area contributed by atoms with Crippen LogP contribution < -0.4 is 5.32 Å². The van der Waals surface area contributed by atoms with Gasteiger partial charge < -0.3 is 29.0 Å². The molecule has 0 spiro atoms. The van der Waals surface area contributed by atoms with Gasteiger partial charge in [0, 0.05) is 34.8 Å². The Balaban J connectivity index is 3.18. The number of hydrogen-bond acceptors (Lipinski definition) is 9. The van der Waals surface area contributed by atoms with Gasteiger partial charge in [0.05, 0.1) is 0 Å². The van der Waals surface area contributed by atoms with Crippen LogP contribution in [0.2, 0.25) is 0 Å². The maximum Gasteiger partial charge on any atom is 0.303 e. The van der Waals surface area contributed by atoms with Crippen LogP contribution in [0.1, 0.15) is 27.7 Å². The Bertz CT molecular complexity index is 521. The first kappa shape index (κ1) is 20.8. The monoisotopic (exact) mass is 361 g/mol. The fourth-order valence-corrected chi connectivity index (χ4v) is 2.49. The Morgan fingerprint density at radius 1 is 0.920 bits per heavy atom. The van der Waals surface area contributed by atoms with E-state index in [1.165, 1.54) is 34.8 Å². The van der Waals surface area contributed by atoms with E-state index in [9.17, 15) is 19.2 Å². The lowest BCUT2D eigenvalue weighted by Gasteiger charge is -2.44. The highest BCUT2D eigenvalue weighted by Gasteiger charge is 2.50. The lowest BCUT2D eigenvalue weighted by molar-refractivity contribution is -0.271. The summed E-state index contributed by atoms with van der Waals surface area (Å²) in [5.74, 6) is -2.29. The Morgan fingerprint density at radius 3 is 1.92 bits per heavy atom. The first-order chi connectivity index (χ1) is 11.6. The highest BCUT2D eigenvalue weighted by atomic mass is 16.7.